The van der Waals surface area contributed by atoms with E-state index < -0.39 is 0 Å². The lowest BCUT2D eigenvalue weighted by atomic mass is 9.95. The lowest BCUT2D eigenvalue weighted by Crippen LogP contribution is -2.42. The first-order valence-corrected chi connectivity index (χ1v) is 14.1. The smallest absolute Gasteiger partial charge is 0.318 e. The Morgan fingerprint density at radius 2 is 1.76 bits per heavy atom. The molecule has 37 heavy (non-hydrogen) atoms. The average Bonchev–Trinajstić information content (AvgIpc) is 3.51. The average molecular weight is 511 g/mol. The van der Waals surface area contributed by atoms with Crippen molar-refractivity contribution < 1.29 is 4.79 Å². The van der Waals surface area contributed by atoms with Crippen molar-refractivity contribution in [1.29, 1.82) is 0 Å². The fourth-order valence-corrected chi connectivity index (χ4v) is 7.16. The highest BCUT2D eigenvalue weighted by Gasteiger charge is 2.36. The first kappa shape index (κ1) is 23.9. The molecule has 190 valence electrons. The number of benzene rings is 2. The highest BCUT2D eigenvalue weighted by molar-refractivity contribution is 7.15. The number of amides is 2. The molecule has 1 aliphatic heterocycles. The number of anilines is 1. The van der Waals surface area contributed by atoms with Gasteiger partial charge in [0.25, 0.3) is 0 Å². The molecule has 6 heteroatoms. The van der Waals surface area contributed by atoms with Gasteiger partial charge < -0.3 is 19.7 Å². The third kappa shape index (κ3) is 4.55. The van der Waals surface area contributed by atoms with E-state index in [4.69, 9.17) is 0 Å². The van der Waals surface area contributed by atoms with E-state index in [1.165, 1.54) is 39.4 Å². The van der Waals surface area contributed by atoms with Gasteiger partial charge in [-0.25, -0.2) is 4.79 Å². The number of carbonyl (C=O) groups excluding carboxylic acids is 1. The minimum Gasteiger partial charge on any atom is -0.378 e. The van der Waals surface area contributed by atoms with Crippen LogP contribution < -0.4 is 10.2 Å². The van der Waals surface area contributed by atoms with Crippen molar-refractivity contribution in [3.63, 3.8) is 0 Å². The predicted molar refractivity (Wildman–Crippen MR) is 152 cm³/mol. The molecule has 2 aromatic carbocycles. The number of thiophene rings is 1. The third-order valence-corrected chi connectivity index (χ3v) is 9.03. The maximum atomic E-state index is 13.9. The van der Waals surface area contributed by atoms with Crippen LogP contribution in [-0.2, 0) is 25.8 Å². The molecule has 2 aromatic heterocycles. The zero-order valence-corrected chi connectivity index (χ0v) is 22.4. The largest absolute Gasteiger partial charge is 0.378 e. The minimum absolute atomic E-state index is 0.00558. The molecule has 0 spiro atoms. The molecule has 0 bridgehead atoms. The number of urea groups is 1. The van der Waals surface area contributed by atoms with Crippen molar-refractivity contribution >= 4 is 23.1 Å². The monoisotopic (exact) mass is 510 g/mol. The molecule has 0 fully saturated rings. The number of nitrogens with one attached hydrogen (secondary N) is 1. The highest BCUT2D eigenvalue weighted by atomic mass is 32.1. The zero-order chi connectivity index (χ0) is 25.4. The Kier molecular flexibility index (Phi) is 6.51. The van der Waals surface area contributed by atoms with E-state index in [2.05, 4.69) is 101 Å². The molecule has 3 heterocycles. The van der Waals surface area contributed by atoms with Crippen molar-refractivity contribution in [2.45, 2.75) is 44.7 Å². The van der Waals surface area contributed by atoms with Crippen LogP contribution in [0.4, 0.5) is 10.5 Å². The van der Waals surface area contributed by atoms with Gasteiger partial charge in [0.05, 0.1) is 18.3 Å². The number of carbonyl (C=O) groups is 1. The van der Waals surface area contributed by atoms with Gasteiger partial charge in [0.2, 0.25) is 0 Å². The van der Waals surface area contributed by atoms with Crippen molar-refractivity contribution in [1.82, 2.24) is 14.8 Å². The van der Waals surface area contributed by atoms with Gasteiger partial charge >= 0.3 is 6.03 Å². The Labute approximate surface area is 223 Å². The summed E-state index contributed by atoms with van der Waals surface area (Å²) in [5, 5.41) is 4.55. The summed E-state index contributed by atoms with van der Waals surface area (Å²) in [4.78, 5) is 19.6. The van der Waals surface area contributed by atoms with Crippen LogP contribution in [0.5, 0.6) is 0 Å². The van der Waals surface area contributed by atoms with E-state index in [-0.39, 0.29) is 12.1 Å². The molecule has 0 radical (unpaired) electrons. The van der Waals surface area contributed by atoms with Crippen LogP contribution in [0.2, 0.25) is 0 Å². The molecule has 0 saturated carbocycles. The molecule has 0 unspecified atom stereocenters. The van der Waals surface area contributed by atoms with E-state index in [9.17, 15) is 4.79 Å². The molecule has 1 atom stereocenters. The van der Waals surface area contributed by atoms with Gasteiger partial charge in [-0.3, -0.25) is 0 Å². The number of hydrogen-bond donors (Lipinski definition) is 1. The normalized spacial score (nSPS) is 16.4. The molecule has 0 saturated heterocycles. The van der Waals surface area contributed by atoms with E-state index in [1.54, 1.807) is 0 Å². The fraction of sp³-hybridized carbons (Fsp3) is 0.323. The summed E-state index contributed by atoms with van der Waals surface area (Å²) >= 11 is 1.93. The van der Waals surface area contributed by atoms with Crippen molar-refractivity contribution in [3.8, 4) is 5.00 Å². The fourth-order valence-electron chi connectivity index (χ4n) is 5.75. The summed E-state index contributed by atoms with van der Waals surface area (Å²) in [6.07, 6.45) is 7.75. The zero-order valence-electron chi connectivity index (χ0n) is 21.6. The van der Waals surface area contributed by atoms with Crippen molar-refractivity contribution in [2.75, 3.05) is 25.5 Å². The van der Waals surface area contributed by atoms with Crippen molar-refractivity contribution in [3.05, 3.63) is 106 Å². The lowest BCUT2D eigenvalue weighted by Gasteiger charge is -2.31. The second-order valence-electron chi connectivity index (χ2n) is 10.3. The van der Waals surface area contributed by atoms with E-state index >= 15 is 0 Å². The van der Waals surface area contributed by atoms with E-state index in [0.717, 1.165) is 36.2 Å². The standard InChI is InChI=1S/C31H34N4OS/c1-33(2)24-16-14-23(15-17-24)29-27-12-8-20-34(27)30-26(25-11-6-7-13-28(25)37-30)21-35(29)31(36)32-19-18-22-9-4-3-5-10-22/h3-5,8-10,12,14-17,20,29H,6-7,11,13,18-19,21H2,1-2H3,(H,32,36)/t29-/m0/s1. The van der Waals surface area contributed by atoms with Crippen LogP contribution in [0, 0.1) is 0 Å². The number of fused-ring (bicyclic) bond motifs is 5. The molecule has 2 aliphatic rings. The van der Waals surface area contributed by atoms with E-state index in [0.29, 0.717) is 13.1 Å². The molecular weight excluding hydrogens is 476 g/mol. The molecule has 1 aliphatic carbocycles. The molecule has 2 amide bonds. The van der Waals surface area contributed by atoms with Gasteiger partial charge in [-0.15, -0.1) is 11.3 Å². The number of nitrogens with zero attached hydrogens (tertiary/aromatic N) is 3. The molecule has 5 nitrogen and oxygen atoms in total. The Bertz CT molecular complexity index is 1390. The number of aromatic nitrogens is 1. The number of hydrogen-bond acceptors (Lipinski definition) is 3. The Hall–Kier alpha value is -3.51. The molecular formula is C31H34N4OS. The van der Waals surface area contributed by atoms with Gasteiger partial charge in [-0.05, 0) is 73.1 Å². The van der Waals surface area contributed by atoms with Crippen LogP contribution >= 0.6 is 11.3 Å². The SMILES string of the molecule is CN(C)c1ccc([C@H]2c3cccn3-c3sc4c(c3CN2C(=O)NCCc2ccccc2)CCCC4)cc1. The Balaban J connectivity index is 1.38. The van der Waals surface area contributed by atoms with E-state index in [1.807, 2.05) is 17.4 Å². The molecule has 4 aromatic rings. The van der Waals surface area contributed by atoms with Gasteiger partial charge in [0, 0.05) is 43.0 Å². The number of rotatable bonds is 5. The second kappa shape index (κ2) is 10.1. The predicted octanol–water partition coefficient (Wildman–Crippen LogP) is 6.34. The Morgan fingerprint density at radius 3 is 2.54 bits per heavy atom. The summed E-state index contributed by atoms with van der Waals surface area (Å²) < 4.78 is 2.35. The van der Waals surface area contributed by atoms with Crippen LogP contribution in [0.25, 0.3) is 5.00 Å². The summed E-state index contributed by atoms with van der Waals surface area (Å²) in [7, 11) is 4.11. The third-order valence-electron chi connectivity index (χ3n) is 7.70. The highest BCUT2D eigenvalue weighted by Crippen LogP contribution is 2.44. The van der Waals surface area contributed by atoms with Gasteiger partial charge in [-0.2, -0.15) is 0 Å². The Morgan fingerprint density at radius 1 is 0.973 bits per heavy atom. The van der Waals surface area contributed by atoms with Gasteiger partial charge in [0.1, 0.15) is 5.00 Å². The summed E-state index contributed by atoms with van der Waals surface area (Å²) in [6, 6.07) is 23.1. The summed E-state index contributed by atoms with van der Waals surface area (Å²) in [5.41, 5.74) is 7.48. The van der Waals surface area contributed by atoms with Crippen LogP contribution in [0.15, 0.2) is 72.9 Å². The maximum absolute atomic E-state index is 13.9. The van der Waals surface area contributed by atoms with Gasteiger partial charge in [0.15, 0.2) is 0 Å². The van der Waals surface area contributed by atoms with Crippen LogP contribution in [-0.4, -0.2) is 36.1 Å². The van der Waals surface area contributed by atoms with Crippen LogP contribution in [0.1, 0.15) is 51.7 Å². The minimum atomic E-state index is -0.165. The number of aryl methyl sites for hydroxylation is 1. The second-order valence-corrected chi connectivity index (χ2v) is 11.4. The topological polar surface area (TPSA) is 40.5 Å². The van der Waals surface area contributed by atoms with Gasteiger partial charge in [-0.1, -0.05) is 42.5 Å². The quantitative estimate of drug-likeness (QED) is 0.340. The van der Waals surface area contributed by atoms with Crippen molar-refractivity contribution in [2.24, 2.45) is 0 Å². The van der Waals surface area contributed by atoms with Crippen LogP contribution in [0.3, 0.4) is 0 Å². The summed E-state index contributed by atoms with van der Waals surface area (Å²) in [6.45, 7) is 1.24. The first-order chi connectivity index (χ1) is 18.1. The molecule has 6 rings (SSSR count). The molecule has 1 N–H and O–H groups in total. The lowest BCUT2D eigenvalue weighted by molar-refractivity contribution is 0.180. The summed E-state index contributed by atoms with van der Waals surface area (Å²) in [5.74, 6) is 0. The first-order valence-electron chi connectivity index (χ1n) is 13.3. The maximum Gasteiger partial charge on any atom is 0.318 e.